The highest BCUT2D eigenvalue weighted by Crippen LogP contribution is 2.23. The largest absolute Gasteiger partial charge is 0.434 e. The first-order chi connectivity index (χ1) is 11.6. The van der Waals surface area contributed by atoms with Crippen LogP contribution in [0.5, 0.6) is 5.75 Å². The van der Waals surface area contributed by atoms with E-state index >= 15 is 0 Å². The van der Waals surface area contributed by atoms with E-state index in [-0.39, 0.29) is 17.2 Å². The highest BCUT2D eigenvalue weighted by atomic mass is 19.3. The van der Waals surface area contributed by atoms with Crippen molar-refractivity contribution in [1.29, 1.82) is 0 Å². The third-order valence-corrected chi connectivity index (χ3v) is 3.77. The zero-order valence-electron chi connectivity index (χ0n) is 12.8. The average molecular weight is 334 g/mol. The first kappa shape index (κ1) is 16.1. The van der Waals surface area contributed by atoms with Crippen molar-refractivity contribution in [3.8, 4) is 5.75 Å². The van der Waals surface area contributed by atoms with Gasteiger partial charge in [-0.2, -0.15) is 8.78 Å². The van der Waals surface area contributed by atoms with Gasteiger partial charge >= 0.3 is 6.61 Å². The van der Waals surface area contributed by atoms with Crippen molar-refractivity contribution in [3.05, 3.63) is 48.4 Å². The smallest absolute Gasteiger partial charge is 0.387 e. The Bertz CT molecular complexity index is 691. The average Bonchev–Trinajstić information content (AvgIpc) is 2.62. The molecule has 2 heterocycles. The highest BCUT2D eigenvalue weighted by molar-refractivity contribution is 5.97. The number of halogens is 2. The maximum absolute atomic E-state index is 12.6. The molecule has 0 bridgehead atoms. The topological polar surface area (TPSA) is 58.6 Å². The Kier molecular flexibility index (Phi) is 4.83. The Hall–Kier alpha value is -2.77. The second-order valence-electron chi connectivity index (χ2n) is 5.22. The Balaban J connectivity index is 1.68. The molecule has 126 valence electrons. The van der Waals surface area contributed by atoms with Gasteiger partial charge in [-0.1, -0.05) is 12.1 Å². The van der Waals surface area contributed by atoms with Crippen LogP contribution >= 0.6 is 0 Å². The number of alkyl halides is 2. The second-order valence-corrected chi connectivity index (χ2v) is 5.22. The molecule has 1 aromatic carbocycles. The molecule has 1 amide bonds. The fourth-order valence-electron chi connectivity index (χ4n) is 2.61. The van der Waals surface area contributed by atoms with Gasteiger partial charge in [0.15, 0.2) is 0 Å². The Morgan fingerprint density at radius 3 is 2.54 bits per heavy atom. The summed E-state index contributed by atoms with van der Waals surface area (Å²) in [6, 6.07) is 6.05. The van der Waals surface area contributed by atoms with Crippen molar-refractivity contribution in [2.24, 2.45) is 0 Å². The first-order valence-corrected chi connectivity index (χ1v) is 7.49. The Labute approximate surface area is 137 Å². The predicted octanol–water partition coefficient (Wildman–Crippen LogP) is 2.04. The van der Waals surface area contributed by atoms with E-state index in [4.69, 9.17) is 0 Å². The van der Waals surface area contributed by atoms with Crippen LogP contribution in [0.2, 0.25) is 0 Å². The zero-order valence-corrected chi connectivity index (χ0v) is 12.8. The van der Waals surface area contributed by atoms with E-state index in [1.165, 1.54) is 12.1 Å². The standard InChI is InChI=1S/C16H16F2N4O2/c17-16(18)24-13-4-2-1-3-12(13)15(23)22-9-7-21(8-10-22)14-11-19-5-6-20-14/h1-6,11,16H,7-10H2. The molecule has 0 unspecified atom stereocenters. The number of nitrogens with zero attached hydrogens (tertiary/aromatic N) is 4. The molecule has 0 spiro atoms. The normalized spacial score (nSPS) is 14.8. The fraction of sp³-hybridized carbons (Fsp3) is 0.312. The molecule has 0 atom stereocenters. The van der Waals surface area contributed by atoms with Gasteiger partial charge < -0.3 is 14.5 Å². The molecule has 1 aliphatic rings. The van der Waals surface area contributed by atoms with Crippen LogP contribution in [-0.4, -0.2) is 53.6 Å². The van der Waals surface area contributed by atoms with Crippen molar-refractivity contribution in [3.63, 3.8) is 0 Å². The number of carbonyl (C=O) groups is 1. The van der Waals surface area contributed by atoms with Crippen molar-refractivity contribution in [2.45, 2.75) is 6.61 Å². The van der Waals surface area contributed by atoms with Gasteiger partial charge in [0.25, 0.3) is 5.91 Å². The van der Waals surface area contributed by atoms with Crippen LogP contribution < -0.4 is 9.64 Å². The SMILES string of the molecule is O=C(c1ccccc1OC(F)F)N1CCN(c2cnccn2)CC1. The lowest BCUT2D eigenvalue weighted by atomic mass is 10.1. The van der Waals surface area contributed by atoms with Crippen molar-refractivity contribution in [2.75, 3.05) is 31.1 Å². The fourth-order valence-corrected chi connectivity index (χ4v) is 2.61. The number of hydrogen-bond donors (Lipinski definition) is 0. The molecule has 1 fully saturated rings. The summed E-state index contributed by atoms with van der Waals surface area (Å²) in [7, 11) is 0. The number of para-hydroxylation sites is 1. The van der Waals surface area contributed by atoms with Crippen molar-refractivity contribution < 1.29 is 18.3 Å². The summed E-state index contributed by atoms with van der Waals surface area (Å²) in [4.78, 5) is 24.5. The minimum absolute atomic E-state index is 0.103. The van der Waals surface area contributed by atoms with Crippen LogP contribution in [0.1, 0.15) is 10.4 Å². The van der Waals surface area contributed by atoms with Crippen molar-refractivity contribution >= 4 is 11.7 Å². The van der Waals surface area contributed by atoms with Crippen LogP contribution in [0.15, 0.2) is 42.9 Å². The van der Waals surface area contributed by atoms with Gasteiger partial charge in [0.1, 0.15) is 11.6 Å². The number of benzene rings is 1. The lowest BCUT2D eigenvalue weighted by Gasteiger charge is -2.35. The number of anilines is 1. The Morgan fingerprint density at radius 1 is 1.12 bits per heavy atom. The third-order valence-electron chi connectivity index (χ3n) is 3.77. The summed E-state index contributed by atoms with van der Waals surface area (Å²) in [6.07, 6.45) is 4.89. The second kappa shape index (κ2) is 7.20. The minimum atomic E-state index is -2.97. The van der Waals surface area contributed by atoms with Crippen LogP contribution in [-0.2, 0) is 0 Å². The summed E-state index contributed by atoms with van der Waals surface area (Å²) in [6.45, 7) is -0.825. The molecule has 24 heavy (non-hydrogen) atoms. The minimum Gasteiger partial charge on any atom is -0.434 e. The van der Waals surface area contributed by atoms with E-state index < -0.39 is 6.61 Å². The quantitative estimate of drug-likeness (QED) is 0.856. The molecule has 0 radical (unpaired) electrons. The van der Waals surface area contributed by atoms with E-state index in [1.807, 2.05) is 4.90 Å². The third kappa shape index (κ3) is 3.58. The number of hydrogen-bond acceptors (Lipinski definition) is 5. The van der Waals surface area contributed by atoms with E-state index in [1.54, 1.807) is 35.6 Å². The summed E-state index contributed by atoms with van der Waals surface area (Å²) < 4.78 is 29.4. The lowest BCUT2D eigenvalue weighted by Crippen LogP contribution is -2.49. The van der Waals surface area contributed by atoms with Gasteiger partial charge in [-0.3, -0.25) is 9.78 Å². The summed E-state index contributed by atoms with van der Waals surface area (Å²) in [5.41, 5.74) is 0.144. The summed E-state index contributed by atoms with van der Waals surface area (Å²) in [5.74, 6) is 0.338. The molecule has 8 heteroatoms. The molecular weight excluding hydrogens is 318 g/mol. The van der Waals surface area contributed by atoms with Crippen LogP contribution in [0.4, 0.5) is 14.6 Å². The van der Waals surface area contributed by atoms with Gasteiger partial charge in [-0.15, -0.1) is 0 Å². The molecule has 1 aliphatic heterocycles. The van der Waals surface area contributed by atoms with Gasteiger partial charge in [-0.25, -0.2) is 4.98 Å². The molecular formula is C16H16F2N4O2. The number of aromatic nitrogens is 2. The molecule has 0 aliphatic carbocycles. The number of carbonyl (C=O) groups excluding carboxylic acids is 1. The molecule has 0 N–H and O–H groups in total. The van der Waals surface area contributed by atoms with Gasteiger partial charge in [-0.05, 0) is 12.1 Å². The van der Waals surface area contributed by atoms with E-state index in [2.05, 4.69) is 14.7 Å². The van der Waals surface area contributed by atoms with Crippen LogP contribution in [0.3, 0.4) is 0 Å². The number of piperazine rings is 1. The maximum atomic E-state index is 12.6. The predicted molar refractivity (Wildman–Crippen MR) is 83.2 cm³/mol. The van der Waals surface area contributed by atoms with Gasteiger partial charge in [0.2, 0.25) is 0 Å². The maximum Gasteiger partial charge on any atom is 0.387 e. The van der Waals surface area contributed by atoms with Crippen molar-refractivity contribution in [1.82, 2.24) is 14.9 Å². The summed E-state index contributed by atoms with van der Waals surface area (Å²) >= 11 is 0. The monoisotopic (exact) mass is 334 g/mol. The molecule has 1 aromatic heterocycles. The van der Waals surface area contributed by atoms with Crippen LogP contribution in [0, 0.1) is 0 Å². The first-order valence-electron chi connectivity index (χ1n) is 7.49. The van der Waals surface area contributed by atoms with Crippen LogP contribution in [0.25, 0.3) is 0 Å². The molecule has 1 saturated heterocycles. The Morgan fingerprint density at radius 2 is 1.88 bits per heavy atom. The molecule has 2 aromatic rings. The number of rotatable bonds is 4. The van der Waals surface area contributed by atoms with E-state index in [0.29, 0.717) is 26.2 Å². The molecule has 3 rings (SSSR count). The summed E-state index contributed by atoms with van der Waals surface area (Å²) in [5, 5.41) is 0. The van der Waals surface area contributed by atoms with Gasteiger partial charge in [0.05, 0.1) is 11.8 Å². The highest BCUT2D eigenvalue weighted by Gasteiger charge is 2.25. The number of amides is 1. The van der Waals surface area contributed by atoms with Gasteiger partial charge in [0, 0.05) is 38.6 Å². The molecule has 6 nitrogen and oxygen atoms in total. The van der Waals surface area contributed by atoms with E-state index in [0.717, 1.165) is 5.82 Å². The van der Waals surface area contributed by atoms with E-state index in [9.17, 15) is 13.6 Å². The number of ether oxygens (including phenoxy) is 1. The zero-order chi connectivity index (χ0) is 16.9. The molecule has 0 saturated carbocycles. The lowest BCUT2D eigenvalue weighted by molar-refractivity contribution is -0.0502.